The number of sulfonamides is 1. The average molecular weight is 530 g/mol. The summed E-state index contributed by atoms with van der Waals surface area (Å²) in [5.74, 6) is 0.0283. The first-order valence-electron chi connectivity index (χ1n) is 12.4. The summed E-state index contributed by atoms with van der Waals surface area (Å²) in [4.78, 5) is 15.5. The van der Waals surface area contributed by atoms with Crippen LogP contribution in [0.3, 0.4) is 0 Å². The number of carbonyl (C=O) groups is 1. The summed E-state index contributed by atoms with van der Waals surface area (Å²) in [5.41, 5.74) is 1.97. The van der Waals surface area contributed by atoms with E-state index in [1.165, 1.54) is 4.31 Å². The molecule has 1 heterocycles. The number of hydrogen-bond donors (Lipinski definition) is 0. The van der Waals surface area contributed by atoms with Gasteiger partial charge in [0.05, 0.1) is 18.0 Å². The first-order chi connectivity index (χ1) is 17.2. The molecule has 2 aromatic carbocycles. The molecule has 3 rings (SSSR count). The van der Waals surface area contributed by atoms with Crippen molar-refractivity contribution in [2.45, 2.75) is 51.6 Å². The molecule has 3 aromatic rings. The zero-order valence-electron chi connectivity index (χ0n) is 21.3. The Labute approximate surface area is 220 Å². The molecule has 0 N–H and O–H groups in total. The summed E-state index contributed by atoms with van der Waals surface area (Å²) in [6.45, 7) is 7.75. The Morgan fingerprint density at radius 3 is 2.36 bits per heavy atom. The standard InChI is InChI=1S/C28H36ClN3O3S/c1-4-5-18-32(36(34,35)26-14-7-6-8-15-26)22-28(33)31(19-23(2)3)21-25-13-11-17-30(25)20-24-12-9-10-16-27(24)29/h6-17,23H,4-5,18-22H2,1-3H3. The molecular formula is C28H36ClN3O3S. The second-order valence-corrected chi connectivity index (χ2v) is 11.7. The molecular weight excluding hydrogens is 494 g/mol. The minimum Gasteiger partial charge on any atom is -0.345 e. The number of nitrogens with zero attached hydrogens (tertiary/aromatic N) is 3. The molecule has 0 saturated heterocycles. The fourth-order valence-electron chi connectivity index (χ4n) is 4.06. The van der Waals surface area contributed by atoms with Gasteiger partial charge in [0, 0.05) is 36.5 Å². The molecule has 194 valence electrons. The molecule has 0 aliphatic carbocycles. The van der Waals surface area contributed by atoms with E-state index in [0.29, 0.717) is 37.6 Å². The quantitative estimate of drug-likeness (QED) is 0.287. The summed E-state index contributed by atoms with van der Waals surface area (Å²) >= 11 is 6.37. The highest BCUT2D eigenvalue weighted by atomic mass is 35.5. The molecule has 0 saturated carbocycles. The van der Waals surface area contributed by atoms with Crippen LogP contribution >= 0.6 is 11.6 Å². The van der Waals surface area contributed by atoms with Crippen LogP contribution in [-0.4, -0.2) is 47.7 Å². The Morgan fingerprint density at radius 2 is 1.69 bits per heavy atom. The van der Waals surface area contributed by atoms with Crippen molar-refractivity contribution in [1.29, 1.82) is 0 Å². The van der Waals surface area contributed by atoms with E-state index in [9.17, 15) is 13.2 Å². The highest BCUT2D eigenvalue weighted by Crippen LogP contribution is 2.20. The van der Waals surface area contributed by atoms with Gasteiger partial charge in [0.15, 0.2) is 0 Å². The van der Waals surface area contributed by atoms with E-state index in [0.717, 1.165) is 17.7 Å². The first-order valence-corrected chi connectivity index (χ1v) is 14.2. The number of hydrogen-bond acceptors (Lipinski definition) is 3. The minimum absolute atomic E-state index is 0.185. The number of unbranched alkanes of at least 4 members (excludes halogenated alkanes) is 1. The Kier molecular flexibility index (Phi) is 10.2. The fraction of sp³-hybridized carbons (Fsp3) is 0.393. The van der Waals surface area contributed by atoms with Crippen molar-refractivity contribution in [3.8, 4) is 0 Å². The molecule has 0 bridgehead atoms. The smallest absolute Gasteiger partial charge is 0.243 e. The van der Waals surface area contributed by atoms with E-state index in [4.69, 9.17) is 11.6 Å². The van der Waals surface area contributed by atoms with Crippen LogP contribution in [0.4, 0.5) is 0 Å². The van der Waals surface area contributed by atoms with Gasteiger partial charge in [-0.1, -0.05) is 75.2 Å². The third kappa shape index (κ3) is 7.45. The lowest BCUT2D eigenvalue weighted by atomic mass is 10.2. The lowest BCUT2D eigenvalue weighted by molar-refractivity contribution is -0.132. The van der Waals surface area contributed by atoms with Gasteiger partial charge in [-0.05, 0) is 48.2 Å². The second-order valence-electron chi connectivity index (χ2n) is 9.39. The normalized spacial score (nSPS) is 11.8. The lowest BCUT2D eigenvalue weighted by Crippen LogP contribution is -2.44. The lowest BCUT2D eigenvalue weighted by Gasteiger charge is -2.29. The summed E-state index contributed by atoms with van der Waals surface area (Å²) in [7, 11) is -3.78. The van der Waals surface area contributed by atoms with Crippen molar-refractivity contribution in [2.24, 2.45) is 5.92 Å². The van der Waals surface area contributed by atoms with E-state index in [1.54, 1.807) is 35.2 Å². The van der Waals surface area contributed by atoms with E-state index in [-0.39, 0.29) is 23.3 Å². The highest BCUT2D eigenvalue weighted by Gasteiger charge is 2.28. The maximum absolute atomic E-state index is 13.6. The maximum Gasteiger partial charge on any atom is 0.243 e. The largest absolute Gasteiger partial charge is 0.345 e. The monoisotopic (exact) mass is 529 g/mol. The van der Waals surface area contributed by atoms with Gasteiger partial charge in [-0.15, -0.1) is 0 Å². The van der Waals surface area contributed by atoms with Crippen molar-refractivity contribution in [1.82, 2.24) is 13.8 Å². The molecule has 0 radical (unpaired) electrons. The predicted molar refractivity (Wildman–Crippen MR) is 145 cm³/mol. The number of amides is 1. The van der Waals surface area contributed by atoms with Gasteiger partial charge in [0.2, 0.25) is 15.9 Å². The van der Waals surface area contributed by atoms with E-state index in [2.05, 4.69) is 18.4 Å². The Hall–Kier alpha value is -2.61. The second kappa shape index (κ2) is 13.1. The van der Waals surface area contributed by atoms with Gasteiger partial charge in [0.25, 0.3) is 0 Å². The molecule has 0 aliphatic heterocycles. The van der Waals surface area contributed by atoms with E-state index < -0.39 is 10.0 Å². The fourth-order valence-corrected chi connectivity index (χ4v) is 5.70. The molecule has 0 aliphatic rings. The summed E-state index contributed by atoms with van der Waals surface area (Å²) in [6, 6.07) is 20.0. The van der Waals surface area contributed by atoms with Crippen LogP contribution in [0.5, 0.6) is 0 Å². The molecule has 0 fully saturated rings. The Morgan fingerprint density at radius 1 is 1.00 bits per heavy atom. The number of aromatic nitrogens is 1. The molecule has 0 unspecified atom stereocenters. The van der Waals surface area contributed by atoms with Crippen molar-refractivity contribution in [3.05, 3.63) is 89.2 Å². The zero-order valence-corrected chi connectivity index (χ0v) is 22.9. The first kappa shape index (κ1) is 28.0. The third-order valence-corrected chi connectivity index (χ3v) is 8.19. The maximum atomic E-state index is 13.6. The number of halogens is 1. The van der Waals surface area contributed by atoms with E-state index >= 15 is 0 Å². The molecule has 6 nitrogen and oxygen atoms in total. The molecule has 36 heavy (non-hydrogen) atoms. The Balaban J connectivity index is 1.82. The number of carbonyl (C=O) groups excluding carboxylic acids is 1. The van der Waals surface area contributed by atoms with Gasteiger partial charge in [-0.2, -0.15) is 4.31 Å². The summed E-state index contributed by atoms with van der Waals surface area (Å²) in [6.07, 6.45) is 3.49. The van der Waals surface area contributed by atoms with Crippen LogP contribution in [0.1, 0.15) is 44.9 Å². The number of rotatable bonds is 13. The van der Waals surface area contributed by atoms with Gasteiger partial charge in [-0.3, -0.25) is 4.79 Å². The van der Waals surface area contributed by atoms with Crippen LogP contribution in [0.15, 0.2) is 77.8 Å². The predicted octanol–water partition coefficient (Wildman–Crippen LogP) is 5.67. The summed E-state index contributed by atoms with van der Waals surface area (Å²) in [5, 5.41) is 0.699. The molecule has 1 aromatic heterocycles. The van der Waals surface area contributed by atoms with Crippen LogP contribution < -0.4 is 0 Å². The molecule has 0 atom stereocenters. The van der Waals surface area contributed by atoms with Crippen molar-refractivity contribution < 1.29 is 13.2 Å². The number of benzene rings is 2. The van der Waals surface area contributed by atoms with Crippen molar-refractivity contribution in [2.75, 3.05) is 19.6 Å². The van der Waals surface area contributed by atoms with Crippen molar-refractivity contribution >= 4 is 27.5 Å². The van der Waals surface area contributed by atoms with Gasteiger partial charge >= 0.3 is 0 Å². The van der Waals surface area contributed by atoms with Crippen LogP contribution in [0.2, 0.25) is 5.02 Å². The van der Waals surface area contributed by atoms with Crippen LogP contribution in [-0.2, 0) is 27.9 Å². The summed E-state index contributed by atoms with van der Waals surface area (Å²) < 4.78 is 30.1. The topological polar surface area (TPSA) is 62.6 Å². The zero-order chi connectivity index (χ0) is 26.1. The van der Waals surface area contributed by atoms with Gasteiger partial charge in [0.1, 0.15) is 0 Å². The SMILES string of the molecule is CCCCN(CC(=O)N(Cc1cccn1Cc1ccccc1Cl)CC(C)C)S(=O)(=O)c1ccccc1. The molecule has 8 heteroatoms. The van der Waals surface area contributed by atoms with Gasteiger partial charge in [-0.25, -0.2) is 8.42 Å². The van der Waals surface area contributed by atoms with Crippen LogP contribution in [0, 0.1) is 5.92 Å². The third-order valence-electron chi connectivity index (χ3n) is 5.97. The Bertz CT molecular complexity index is 1230. The van der Waals surface area contributed by atoms with Crippen molar-refractivity contribution in [3.63, 3.8) is 0 Å². The average Bonchev–Trinajstić information content (AvgIpc) is 3.29. The molecule has 0 spiro atoms. The van der Waals surface area contributed by atoms with Gasteiger partial charge < -0.3 is 9.47 Å². The minimum atomic E-state index is -3.78. The van der Waals surface area contributed by atoms with Crippen LogP contribution in [0.25, 0.3) is 0 Å². The highest BCUT2D eigenvalue weighted by molar-refractivity contribution is 7.89. The molecule has 1 amide bonds. The van der Waals surface area contributed by atoms with E-state index in [1.807, 2.05) is 49.5 Å².